The van der Waals surface area contributed by atoms with Gasteiger partial charge in [-0.2, -0.15) is 0 Å². The molecule has 212 valence electrons. The third-order valence-electron chi connectivity index (χ3n) is 9.13. The second kappa shape index (κ2) is 9.95. The Kier molecular flexibility index (Phi) is 6.35. The van der Waals surface area contributed by atoms with Crippen molar-refractivity contribution in [2.75, 3.05) is 13.3 Å². The van der Waals surface area contributed by atoms with E-state index in [1.165, 1.54) is 0 Å². The highest BCUT2D eigenvalue weighted by atomic mass is 32.2. The number of aromatic nitrogens is 4. The molecule has 2 bridgehead atoms. The fourth-order valence-electron chi connectivity index (χ4n) is 6.62. The molecule has 3 fully saturated rings. The molecule has 2 N–H and O–H groups in total. The average Bonchev–Trinajstić information content (AvgIpc) is 3.65. The van der Waals surface area contributed by atoms with Crippen LogP contribution in [0.1, 0.15) is 55.7 Å². The lowest BCUT2D eigenvalue weighted by Crippen LogP contribution is -2.49. The first-order valence-corrected chi connectivity index (χ1v) is 15.8. The van der Waals surface area contributed by atoms with Gasteiger partial charge >= 0.3 is 0 Å². The van der Waals surface area contributed by atoms with Gasteiger partial charge in [-0.15, -0.1) is 0 Å². The van der Waals surface area contributed by atoms with E-state index < -0.39 is 10.0 Å². The summed E-state index contributed by atoms with van der Waals surface area (Å²) < 4.78 is 39.7. The third kappa shape index (κ3) is 4.99. The van der Waals surface area contributed by atoms with E-state index in [0.29, 0.717) is 12.2 Å². The van der Waals surface area contributed by atoms with Crippen molar-refractivity contribution >= 4 is 10.0 Å². The van der Waals surface area contributed by atoms with Gasteiger partial charge in [0.15, 0.2) is 11.5 Å². The van der Waals surface area contributed by atoms with Crippen LogP contribution in [0.2, 0.25) is 0 Å². The fourth-order valence-corrected chi connectivity index (χ4v) is 7.81. The molecular formula is C31H33N5O4S. The zero-order valence-electron chi connectivity index (χ0n) is 23.0. The Morgan fingerprint density at radius 2 is 1.73 bits per heavy atom. The highest BCUT2D eigenvalue weighted by Gasteiger charge is 2.51. The summed E-state index contributed by atoms with van der Waals surface area (Å²) in [6, 6.07) is 17.3. The smallest absolute Gasteiger partial charge is 0.231 e. The van der Waals surface area contributed by atoms with Crippen molar-refractivity contribution in [2.45, 2.75) is 56.6 Å². The normalized spacial score (nSPS) is 23.1. The first-order chi connectivity index (χ1) is 19.8. The molecule has 3 aromatic heterocycles. The van der Waals surface area contributed by atoms with Crippen molar-refractivity contribution in [2.24, 2.45) is 5.41 Å². The number of imidazole rings is 1. The lowest BCUT2D eigenvalue weighted by molar-refractivity contribution is 0.0401. The molecule has 4 aliphatic rings. The van der Waals surface area contributed by atoms with Crippen molar-refractivity contribution in [1.82, 2.24) is 24.7 Å². The molecule has 3 aliphatic carbocycles. The number of sulfonamides is 1. The van der Waals surface area contributed by atoms with E-state index in [1.54, 1.807) is 18.3 Å². The number of fused-ring (bicyclic) bond motifs is 4. The minimum atomic E-state index is -3.46. The Morgan fingerprint density at radius 1 is 0.927 bits per heavy atom. The van der Waals surface area contributed by atoms with Gasteiger partial charge in [-0.3, -0.25) is 9.97 Å². The zero-order valence-corrected chi connectivity index (χ0v) is 23.8. The SMILES string of the molecule is Cc1cccc(-c2[nH]c(C34CCC(CNS(=O)(=O)Cc5ccccn5)(CC3)CC4)nc2-c2ccc3c(c2)OCO3)n1. The summed E-state index contributed by atoms with van der Waals surface area (Å²) in [6.07, 6.45) is 7.38. The first kappa shape index (κ1) is 26.2. The van der Waals surface area contributed by atoms with Gasteiger partial charge in [-0.1, -0.05) is 12.1 Å². The molecular weight excluding hydrogens is 538 g/mol. The summed E-state index contributed by atoms with van der Waals surface area (Å²) in [5.74, 6) is 2.36. The van der Waals surface area contributed by atoms with Crippen LogP contribution in [0.4, 0.5) is 0 Å². The number of hydrogen-bond acceptors (Lipinski definition) is 7. The Morgan fingerprint density at radius 3 is 2.49 bits per heavy atom. The molecule has 0 spiro atoms. The van der Waals surface area contributed by atoms with Gasteiger partial charge in [0, 0.05) is 29.4 Å². The molecule has 4 heterocycles. The zero-order chi connectivity index (χ0) is 28.1. The van der Waals surface area contributed by atoms with Crippen LogP contribution in [-0.2, 0) is 21.2 Å². The van der Waals surface area contributed by atoms with Crippen molar-refractivity contribution in [3.05, 3.63) is 78.0 Å². The van der Waals surface area contributed by atoms with E-state index >= 15 is 0 Å². The second-order valence-corrected chi connectivity index (χ2v) is 13.5. The molecule has 8 rings (SSSR count). The number of aromatic amines is 1. The Balaban J connectivity index is 1.14. The molecule has 10 heteroatoms. The molecule has 0 atom stereocenters. The highest BCUT2D eigenvalue weighted by Crippen LogP contribution is 2.57. The fraction of sp³-hybridized carbons (Fsp3) is 0.387. The summed E-state index contributed by atoms with van der Waals surface area (Å²) >= 11 is 0. The molecule has 4 aromatic rings. The molecule has 0 saturated heterocycles. The van der Waals surface area contributed by atoms with Crippen LogP contribution < -0.4 is 14.2 Å². The number of rotatable bonds is 8. The summed E-state index contributed by atoms with van der Waals surface area (Å²) in [7, 11) is -3.46. The van der Waals surface area contributed by atoms with Crippen LogP contribution in [0.15, 0.2) is 60.8 Å². The Hall–Kier alpha value is -3.76. The topological polar surface area (TPSA) is 119 Å². The number of hydrogen-bond donors (Lipinski definition) is 2. The van der Waals surface area contributed by atoms with Gasteiger partial charge in [-0.25, -0.2) is 18.1 Å². The van der Waals surface area contributed by atoms with E-state index in [-0.39, 0.29) is 23.4 Å². The van der Waals surface area contributed by atoms with Crippen molar-refractivity contribution in [3.63, 3.8) is 0 Å². The summed E-state index contributed by atoms with van der Waals surface area (Å²) in [5, 5.41) is 0. The summed E-state index contributed by atoms with van der Waals surface area (Å²) in [5.41, 5.74) is 4.98. The Labute approximate surface area is 239 Å². The minimum absolute atomic E-state index is 0.0212. The first-order valence-electron chi connectivity index (χ1n) is 14.1. The maximum atomic E-state index is 12.8. The van der Waals surface area contributed by atoms with Crippen LogP contribution >= 0.6 is 0 Å². The molecule has 41 heavy (non-hydrogen) atoms. The van der Waals surface area contributed by atoms with E-state index in [4.69, 9.17) is 19.4 Å². The van der Waals surface area contributed by atoms with Crippen molar-refractivity contribution in [1.29, 1.82) is 0 Å². The lowest BCUT2D eigenvalue weighted by Gasteiger charge is -2.52. The van der Waals surface area contributed by atoms with Crippen LogP contribution in [0.5, 0.6) is 11.5 Å². The van der Waals surface area contributed by atoms with Crippen molar-refractivity contribution < 1.29 is 17.9 Å². The molecule has 0 unspecified atom stereocenters. The molecule has 1 aliphatic heterocycles. The molecule has 9 nitrogen and oxygen atoms in total. The summed E-state index contributed by atoms with van der Waals surface area (Å²) in [4.78, 5) is 17.9. The predicted molar refractivity (Wildman–Crippen MR) is 155 cm³/mol. The van der Waals surface area contributed by atoms with E-state index in [1.807, 2.05) is 49.4 Å². The molecule has 0 radical (unpaired) electrons. The van der Waals surface area contributed by atoms with Crippen LogP contribution in [-0.4, -0.2) is 41.7 Å². The standard InChI is InChI=1S/C31H33N5O4S/c1-21-5-4-7-24(34-21)28-27(22-8-9-25-26(17-22)40-20-39-25)35-29(36-28)31-13-10-30(11-14-31,12-15-31)19-33-41(37,38)18-23-6-2-3-16-32-23/h2-9,16-17,33H,10-15,18-20H2,1H3,(H,35,36). The van der Waals surface area contributed by atoms with E-state index in [2.05, 4.69) is 14.7 Å². The number of aryl methyl sites for hydroxylation is 1. The van der Waals surface area contributed by atoms with Gasteiger partial charge in [0.05, 0.1) is 22.8 Å². The average molecular weight is 572 g/mol. The van der Waals surface area contributed by atoms with Gasteiger partial charge in [-0.05, 0) is 93.3 Å². The number of pyridine rings is 2. The van der Waals surface area contributed by atoms with Gasteiger partial charge < -0.3 is 14.5 Å². The maximum Gasteiger partial charge on any atom is 0.231 e. The molecule has 1 aromatic carbocycles. The number of benzene rings is 1. The minimum Gasteiger partial charge on any atom is -0.454 e. The Bertz CT molecular complexity index is 1680. The summed E-state index contributed by atoms with van der Waals surface area (Å²) in [6.45, 7) is 2.69. The predicted octanol–water partition coefficient (Wildman–Crippen LogP) is 5.28. The number of H-pyrrole nitrogens is 1. The van der Waals surface area contributed by atoms with Crippen molar-refractivity contribution in [3.8, 4) is 34.1 Å². The highest BCUT2D eigenvalue weighted by molar-refractivity contribution is 7.88. The molecule has 0 amide bonds. The van der Waals surface area contributed by atoms with Crippen LogP contribution in [0.3, 0.4) is 0 Å². The van der Waals surface area contributed by atoms with Crippen LogP contribution in [0, 0.1) is 12.3 Å². The third-order valence-corrected chi connectivity index (χ3v) is 10.4. The van der Waals surface area contributed by atoms with Gasteiger partial charge in [0.2, 0.25) is 16.8 Å². The quantitative estimate of drug-likeness (QED) is 0.295. The van der Waals surface area contributed by atoms with Gasteiger partial charge in [0.25, 0.3) is 0 Å². The number of nitrogens with one attached hydrogen (secondary N) is 2. The number of nitrogens with zero attached hydrogens (tertiary/aromatic N) is 3. The second-order valence-electron chi connectivity index (χ2n) is 11.7. The largest absolute Gasteiger partial charge is 0.454 e. The van der Waals surface area contributed by atoms with Gasteiger partial charge in [0.1, 0.15) is 11.6 Å². The maximum absolute atomic E-state index is 12.8. The van der Waals surface area contributed by atoms with E-state index in [0.717, 1.165) is 84.2 Å². The van der Waals surface area contributed by atoms with Crippen LogP contribution in [0.25, 0.3) is 22.6 Å². The monoisotopic (exact) mass is 571 g/mol. The van der Waals surface area contributed by atoms with E-state index in [9.17, 15) is 8.42 Å². The number of ether oxygens (including phenoxy) is 2. The lowest BCUT2D eigenvalue weighted by atomic mass is 9.53. The molecule has 3 saturated carbocycles.